The molecule has 0 aromatic heterocycles. The molecule has 0 heterocycles. The maximum atomic E-state index is 11.8. The van der Waals surface area contributed by atoms with E-state index < -0.39 is 12.1 Å². The van der Waals surface area contributed by atoms with Crippen LogP contribution in [0.3, 0.4) is 0 Å². The number of hydrogen-bond acceptors (Lipinski definition) is 4. The number of rotatable bonds is 11. The molecule has 1 radical (unpaired) electrons. The van der Waals surface area contributed by atoms with Crippen LogP contribution in [0, 0.1) is 5.92 Å². The lowest BCUT2D eigenvalue weighted by Gasteiger charge is -2.19. The summed E-state index contributed by atoms with van der Waals surface area (Å²) < 4.78 is 9.84. The summed E-state index contributed by atoms with van der Waals surface area (Å²) in [5.74, 6) is -0.476. The van der Waals surface area contributed by atoms with Crippen molar-refractivity contribution in [3.8, 4) is 0 Å². The van der Waals surface area contributed by atoms with E-state index in [9.17, 15) is 9.59 Å². The van der Waals surface area contributed by atoms with Gasteiger partial charge in [-0.05, 0) is 12.8 Å². The lowest BCUT2D eigenvalue weighted by Crippen LogP contribution is -2.32. The van der Waals surface area contributed by atoms with Gasteiger partial charge in [-0.1, -0.05) is 46.5 Å². The van der Waals surface area contributed by atoms with E-state index in [2.05, 4.69) is 6.92 Å². The van der Waals surface area contributed by atoms with Crippen LogP contribution in [0.5, 0.6) is 0 Å². The Morgan fingerprint density at radius 2 is 1.89 bits per heavy atom. The molecule has 0 aromatic carbocycles. The summed E-state index contributed by atoms with van der Waals surface area (Å²) in [5.41, 5.74) is 0. The van der Waals surface area contributed by atoms with Crippen LogP contribution in [0.15, 0.2) is 0 Å². The van der Waals surface area contributed by atoms with E-state index in [1.165, 1.54) is 6.47 Å². The number of hydrogen-bond donors (Lipinski definition) is 0. The zero-order valence-corrected chi connectivity index (χ0v) is 11.7. The summed E-state index contributed by atoms with van der Waals surface area (Å²) in [6.07, 6.45) is 5.15. The lowest BCUT2D eigenvalue weighted by atomic mass is 9.99. The second-order valence-corrected chi connectivity index (χ2v) is 4.62. The van der Waals surface area contributed by atoms with Crippen molar-refractivity contribution in [2.75, 3.05) is 6.61 Å². The van der Waals surface area contributed by atoms with Crippen molar-refractivity contribution in [3.05, 3.63) is 0 Å². The molecule has 0 amide bonds. The Hall–Kier alpha value is -1.06. The zero-order valence-electron chi connectivity index (χ0n) is 11.7. The molecule has 0 N–H and O–H groups in total. The van der Waals surface area contributed by atoms with E-state index >= 15 is 0 Å². The zero-order chi connectivity index (χ0) is 13.8. The Labute approximate surface area is 110 Å². The molecule has 2 atom stereocenters. The van der Waals surface area contributed by atoms with E-state index in [0.29, 0.717) is 6.61 Å². The molecule has 0 spiro atoms. The maximum Gasteiger partial charge on any atom is 0.418 e. The lowest BCUT2D eigenvalue weighted by molar-refractivity contribution is -0.155. The molecule has 105 valence electrons. The van der Waals surface area contributed by atoms with E-state index in [1.54, 1.807) is 0 Å². The summed E-state index contributed by atoms with van der Waals surface area (Å²) in [4.78, 5) is 22.0. The molecule has 0 saturated heterocycles. The fourth-order valence-corrected chi connectivity index (χ4v) is 1.84. The predicted octanol–water partition coefficient (Wildman–Crippen LogP) is 3.00. The molecule has 18 heavy (non-hydrogen) atoms. The molecule has 2 unspecified atom stereocenters. The van der Waals surface area contributed by atoms with Gasteiger partial charge in [0.25, 0.3) is 0 Å². The molecule has 0 aromatic rings. The minimum absolute atomic E-state index is 0.0282. The number of carbonyl (C=O) groups excluding carboxylic acids is 2. The molecule has 0 aliphatic carbocycles. The topological polar surface area (TPSA) is 52.6 Å². The smallest absolute Gasteiger partial charge is 0.418 e. The quantitative estimate of drug-likeness (QED) is 0.422. The summed E-state index contributed by atoms with van der Waals surface area (Å²) >= 11 is 0. The van der Waals surface area contributed by atoms with Crippen LogP contribution in [0.2, 0.25) is 0 Å². The molecule has 4 heteroatoms. The van der Waals surface area contributed by atoms with Gasteiger partial charge in [0.15, 0.2) is 0 Å². The van der Waals surface area contributed by atoms with Crippen LogP contribution in [-0.4, -0.2) is 25.2 Å². The Morgan fingerprint density at radius 1 is 1.17 bits per heavy atom. The summed E-state index contributed by atoms with van der Waals surface area (Å²) in [6.45, 7) is 7.78. The third kappa shape index (κ3) is 7.30. The van der Waals surface area contributed by atoms with Crippen LogP contribution >= 0.6 is 0 Å². The molecule has 0 aliphatic rings. The molecule has 0 fully saturated rings. The molecular formula is C14H25O4. The third-order valence-corrected chi connectivity index (χ3v) is 2.91. The molecule has 0 aliphatic heterocycles. The summed E-state index contributed by atoms with van der Waals surface area (Å²) in [6, 6.07) is 0. The van der Waals surface area contributed by atoms with Gasteiger partial charge in [-0.25, -0.2) is 9.59 Å². The van der Waals surface area contributed by atoms with E-state index in [0.717, 1.165) is 38.5 Å². The number of unbranched alkanes of at least 4 members (excludes halogenated alkanes) is 3. The molecule has 0 rings (SSSR count). The van der Waals surface area contributed by atoms with E-state index in [-0.39, 0.29) is 5.92 Å². The van der Waals surface area contributed by atoms with Gasteiger partial charge in [0.2, 0.25) is 6.10 Å². The molecule has 4 nitrogen and oxygen atoms in total. The van der Waals surface area contributed by atoms with Crippen molar-refractivity contribution in [1.82, 2.24) is 0 Å². The van der Waals surface area contributed by atoms with Gasteiger partial charge in [-0.3, -0.25) is 0 Å². The highest BCUT2D eigenvalue weighted by atomic mass is 16.6. The van der Waals surface area contributed by atoms with Crippen molar-refractivity contribution < 1.29 is 19.1 Å². The molecule has 0 bridgehead atoms. The Kier molecular flexibility index (Phi) is 10.4. The molecular weight excluding hydrogens is 232 g/mol. The Balaban J connectivity index is 4.01. The van der Waals surface area contributed by atoms with Crippen molar-refractivity contribution in [2.24, 2.45) is 5.92 Å². The molecule has 0 saturated carbocycles. The first-order valence-electron chi connectivity index (χ1n) is 6.86. The van der Waals surface area contributed by atoms with Gasteiger partial charge >= 0.3 is 12.4 Å². The maximum absolute atomic E-state index is 11.8. The SMILES string of the molecule is CCCCCCOC(=O)C(O[C]=O)C(C)CCC. The van der Waals surface area contributed by atoms with Gasteiger partial charge < -0.3 is 9.47 Å². The van der Waals surface area contributed by atoms with Crippen LogP contribution < -0.4 is 0 Å². The Bertz CT molecular complexity index is 228. The first-order valence-corrected chi connectivity index (χ1v) is 6.86. The van der Waals surface area contributed by atoms with E-state index in [1.807, 2.05) is 13.8 Å². The van der Waals surface area contributed by atoms with Crippen molar-refractivity contribution in [1.29, 1.82) is 0 Å². The van der Waals surface area contributed by atoms with Crippen molar-refractivity contribution in [2.45, 2.75) is 65.4 Å². The highest BCUT2D eigenvalue weighted by molar-refractivity contribution is 5.76. The van der Waals surface area contributed by atoms with Crippen LogP contribution in [0.1, 0.15) is 59.3 Å². The third-order valence-electron chi connectivity index (χ3n) is 2.91. The Morgan fingerprint density at radius 3 is 2.44 bits per heavy atom. The standard InChI is InChI=1S/C14H25O4/c1-4-6-7-8-10-17-14(16)13(18-11-15)12(3)9-5-2/h12-13H,4-10H2,1-3H3. The van der Waals surface area contributed by atoms with Gasteiger partial charge in [0.1, 0.15) is 0 Å². The highest BCUT2D eigenvalue weighted by Crippen LogP contribution is 2.15. The fourth-order valence-electron chi connectivity index (χ4n) is 1.84. The van der Waals surface area contributed by atoms with Crippen LogP contribution in [0.4, 0.5) is 0 Å². The monoisotopic (exact) mass is 257 g/mol. The van der Waals surface area contributed by atoms with Crippen molar-refractivity contribution >= 4 is 12.4 Å². The van der Waals surface area contributed by atoms with Crippen molar-refractivity contribution in [3.63, 3.8) is 0 Å². The van der Waals surface area contributed by atoms with Crippen LogP contribution in [0.25, 0.3) is 0 Å². The van der Waals surface area contributed by atoms with Gasteiger partial charge in [-0.15, -0.1) is 0 Å². The fraction of sp³-hybridized carbons (Fsp3) is 0.857. The van der Waals surface area contributed by atoms with Gasteiger partial charge in [-0.2, -0.15) is 0 Å². The summed E-state index contributed by atoms with van der Waals surface area (Å²) in [7, 11) is 0. The summed E-state index contributed by atoms with van der Waals surface area (Å²) in [5, 5.41) is 0. The highest BCUT2D eigenvalue weighted by Gasteiger charge is 2.27. The first-order chi connectivity index (χ1) is 8.67. The second-order valence-electron chi connectivity index (χ2n) is 4.62. The average Bonchev–Trinajstić information content (AvgIpc) is 2.35. The van der Waals surface area contributed by atoms with Gasteiger partial charge in [0.05, 0.1) is 6.61 Å². The minimum atomic E-state index is -0.811. The number of ether oxygens (including phenoxy) is 2. The number of carbonyl (C=O) groups is 1. The minimum Gasteiger partial charge on any atom is -0.463 e. The second kappa shape index (κ2) is 11.1. The predicted molar refractivity (Wildman–Crippen MR) is 69.7 cm³/mol. The van der Waals surface area contributed by atoms with Gasteiger partial charge in [0, 0.05) is 5.92 Å². The van der Waals surface area contributed by atoms with Crippen LogP contribution in [-0.2, 0) is 19.1 Å². The number of esters is 1. The average molecular weight is 257 g/mol. The first kappa shape index (κ1) is 16.9. The van der Waals surface area contributed by atoms with E-state index in [4.69, 9.17) is 9.47 Å². The normalized spacial score (nSPS) is 13.7. The largest absolute Gasteiger partial charge is 0.463 e.